The molecule has 2 aliphatic heterocycles. The first-order chi connectivity index (χ1) is 13.1. The largest absolute Gasteiger partial charge is 0.492 e. The molecule has 1 amide bonds. The second-order valence-electron chi connectivity index (χ2n) is 6.93. The molecule has 2 aliphatic rings. The smallest absolute Gasteiger partial charge is 0.241 e. The normalized spacial score (nSPS) is 24.5. The van der Waals surface area contributed by atoms with Crippen LogP contribution in [-0.2, 0) is 4.79 Å². The maximum Gasteiger partial charge on any atom is 0.241 e. The Morgan fingerprint density at radius 3 is 2.63 bits per heavy atom. The van der Waals surface area contributed by atoms with Crippen molar-refractivity contribution in [1.29, 1.82) is 0 Å². The van der Waals surface area contributed by atoms with E-state index in [-0.39, 0.29) is 35.7 Å². The topological polar surface area (TPSA) is 53.6 Å². The molecule has 0 aromatic heterocycles. The van der Waals surface area contributed by atoms with Crippen LogP contribution in [0.4, 0.5) is 8.78 Å². The minimum absolute atomic E-state index is 0.00231. The zero-order chi connectivity index (χ0) is 18.8. The van der Waals surface area contributed by atoms with Gasteiger partial charge in [-0.1, -0.05) is 18.2 Å². The fraction of sp³-hybridized carbons (Fsp3) is 0.350. The number of hydrogen-bond donors (Lipinski definition) is 2. The highest BCUT2D eigenvalue weighted by atomic mass is 19.1. The molecule has 0 saturated carbocycles. The lowest BCUT2D eigenvalue weighted by Gasteiger charge is -2.42. The Hall–Kier alpha value is -2.51. The van der Waals surface area contributed by atoms with E-state index in [4.69, 9.17) is 4.74 Å². The van der Waals surface area contributed by atoms with E-state index in [9.17, 15) is 13.6 Å². The lowest BCUT2D eigenvalue weighted by molar-refractivity contribution is -0.141. The Kier molecular flexibility index (Phi) is 5.05. The van der Waals surface area contributed by atoms with Crippen molar-refractivity contribution in [1.82, 2.24) is 15.8 Å². The zero-order valence-electron chi connectivity index (χ0n) is 14.7. The first kappa shape index (κ1) is 17.9. The van der Waals surface area contributed by atoms with Gasteiger partial charge in [-0.25, -0.2) is 14.2 Å². The average molecular weight is 373 g/mol. The molecular weight excluding hydrogens is 352 g/mol. The Bertz CT molecular complexity index is 815. The zero-order valence-corrected chi connectivity index (χ0v) is 14.7. The van der Waals surface area contributed by atoms with E-state index in [2.05, 4.69) is 10.9 Å². The third-order valence-corrected chi connectivity index (χ3v) is 5.08. The van der Waals surface area contributed by atoms with Gasteiger partial charge >= 0.3 is 0 Å². The highest BCUT2D eigenvalue weighted by molar-refractivity contribution is 5.83. The van der Waals surface area contributed by atoms with Gasteiger partial charge in [-0.05, 0) is 42.7 Å². The third-order valence-electron chi connectivity index (χ3n) is 5.08. The van der Waals surface area contributed by atoms with E-state index in [0.717, 1.165) is 12.0 Å². The number of carbonyl (C=O) groups is 1. The molecule has 2 heterocycles. The molecule has 0 radical (unpaired) electrons. The molecule has 3 unspecified atom stereocenters. The molecule has 2 N–H and O–H groups in total. The van der Waals surface area contributed by atoms with Crippen molar-refractivity contribution in [3.05, 3.63) is 65.7 Å². The molecule has 0 bridgehead atoms. The summed E-state index contributed by atoms with van der Waals surface area (Å²) in [6.45, 7) is 1.03. The van der Waals surface area contributed by atoms with Crippen LogP contribution in [0.25, 0.3) is 0 Å². The van der Waals surface area contributed by atoms with Crippen LogP contribution in [-0.4, -0.2) is 36.0 Å². The summed E-state index contributed by atoms with van der Waals surface area (Å²) in [6, 6.07) is 11.9. The summed E-state index contributed by atoms with van der Waals surface area (Å²) in [5.41, 5.74) is 7.05. The maximum absolute atomic E-state index is 13.2. The van der Waals surface area contributed by atoms with E-state index in [1.807, 2.05) is 4.90 Å². The highest BCUT2D eigenvalue weighted by Gasteiger charge is 2.39. The number of hydrazine groups is 1. The van der Waals surface area contributed by atoms with E-state index in [1.165, 1.54) is 24.3 Å². The van der Waals surface area contributed by atoms with E-state index in [0.29, 0.717) is 25.3 Å². The van der Waals surface area contributed by atoms with Crippen molar-refractivity contribution in [3.8, 4) is 5.75 Å². The van der Waals surface area contributed by atoms with Gasteiger partial charge in [0.25, 0.3) is 0 Å². The number of amides is 1. The van der Waals surface area contributed by atoms with Crippen molar-refractivity contribution in [2.24, 2.45) is 0 Å². The van der Waals surface area contributed by atoms with Crippen LogP contribution in [0.2, 0.25) is 0 Å². The third kappa shape index (κ3) is 3.94. The molecule has 0 aliphatic carbocycles. The summed E-state index contributed by atoms with van der Waals surface area (Å²) in [5.74, 6) is -0.136. The minimum atomic E-state index is -0.345. The molecule has 0 spiro atoms. The van der Waals surface area contributed by atoms with Gasteiger partial charge in [-0.15, -0.1) is 0 Å². The fourth-order valence-corrected chi connectivity index (χ4v) is 3.53. The van der Waals surface area contributed by atoms with Gasteiger partial charge in [-0.2, -0.15) is 0 Å². The highest BCUT2D eigenvalue weighted by Crippen LogP contribution is 2.34. The molecule has 142 valence electrons. The number of halogens is 2. The molecule has 4 rings (SSSR count). The number of benzene rings is 2. The van der Waals surface area contributed by atoms with Crippen molar-refractivity contribution < 1.29 is 18.3 Å². The van der Waals surface area contributed by atoms with Gasteiger partial charge in [0.15, 0.2) is 0 Å². The van der Waals surface area contributed by atoms with Crippen LogP contribution in [0.3, 0.4) is 0 Å². The van der Waals surface area contributed by atoms with Crippen LogP contribution in [0.5, 0.6) is 5.75 Å². The summed E-state index contributed by atoms with van der Waals surface area (Å²) in [5, 5.41) is 0. The molecule has 7 heteroatoms. The fourth-order valence-electron chi connectivity index (χ4n) is 3.53. The second-order valence-corrected chi connectivity index (χ2v) is 6.93. The number of nitrogens with one attached hydrogen (secondary N) is 2. The van der Waals surface area contributed by atoms with Gasteiger partial charge in [0, 0.05) is 12.6 Å². The van der Waals surface area contributed by atoms with Crippen LogP contribution in [0.15, 0.2) is 48.5 Å². The van der Waals surface area contributed by atoms with Crippen molar-refractivity contribution in [2.45, 2.75) is 31.0 Å². The lowest BCUT2D eigenvalue weighted by Crippen LogP contribution is -2.52. The standard InChI is InChI=1S/C20H21F2N3O2/c21-14-6-4-13(5-7-14)19-8-9-25(19)20(26)18-11-16(23-24-18)12-27-17-3-1-2-15(22)10-17/h1-7,10,16,18-19,23-24H,8-9,11-12H2. The SMILES string of the molecule is O=C(C1CC(COc2cccc(F)c2)NN1)N1CCC1c1ccc(F)cc1. The van der Waals surface area contributed by atoms with Gasteiger partial charge < -0.3 is 9.64 Å². The van der Waals surface area contributed by atoms with Crippen LogP contribution in [0, 0.1) is 11.6 Å². The maximum atomic E-state index is 13.2. The Morgan fingerprint density at radius 1 is 1.11 bits per heavy atom. The first-order valence-electron chi connectivity index (χ1n) is 9.05. The summed E-state index contributed by atoms with van der Waals surface area (Å²) in [7, 11) is 0. The Balaban J connectivity index is 1.30. The predicted molar refractivity (Wildman–Crippen MR) is 95.8 cm³/mol. The number of hydrogen-bond acceptors (Lipinski definition) is 4. The van der Waals surface area contributed by atoms with Crippen LogP contribution >= 0.6 is 0 Å². The van der Waals surface area contributed by atoms with E-state index in [1.54, 1.807) is 24.3 Å². The lowest BCUT2D eigenvalue weighted by atomic mass is 9.93. The van der Waals surface area contributed by atoms with Crippen molar-refractivity contribution >= 4 is 5.91 Å². The van der Waals surface area contributed by atoms with E-state index >= 15 is 0 Å². The number of rotatable bonds is 5. The number of carbonyl (C=O) groups excluding carboxylic acids is 1. The molecular formula is C20H21F2N3O2. The predicted octanol–water partition coefficient (Wildman–Crippen LogP) is 2.55. The molecule has 2 saturated heterocycles. The Labute approximate surface area is 156 Å². The van der Waals surface area contributed by atoms with Gasteiger partial charge in [0.2, 0.25) is 5.91 Å². The van der Waals surface area contributed by atoms with Crippen LogP contribution in [0.1, 0.15) is 24.4 Å². The summed E-state index contributed by atoms with van der Waals surface area (Å²) in [4.78, 5) is 14.6. The molecule has 2 aromatic rings. The second kappa shape index (κ2) is 7.62. The summed E-state index contributed by atoms with van der Waals surface area (Å²) >= 11 is 0. The molecule has 2 aromatic carbocycles. The summed E-state index contributed by atoms with van der Waals surface area (Å²) < 4.78 is 31.9. The van der Waals surface area contributed by atoms with Gasteiger partial charge in [0.05, 0.1) is 12.1 Å². The van der Waals surface area contributed by atoms with Gasteiger partial charge in [-0.3, -0.25) is 10.2 Å². The van der Waals surface area contributed by atoms with Gasteiger partial charge in [0.1, 0.15) is 30.0 Å². The summed E-state index contributed by atoms with van der Waals surface area (Å²) in [6.07, 6.45) is 1.46. The quantitative estimate of drug-likeness (QED) is 0.846. The average Bonchev–Trinajstić information content (AvgIpc) is 3.10. The number of ether oxygens (including phenoxy) is 1. The number of likely N-dealkylation sites (tertiary alicyclic amines) is 1. The van der Waals surface area contributed by atoms with E-state index < -0.39 is 0 Å². The number of nitrogens with zero attached hydrogens (tertiary/aromatic N) is 1. The molecule has 2 fully saturated rings. The van der Waals surface area contributed by atoms with Crippen LogP contribution < -0.4 is 15.6 Å². The molecule has 3 atom stereocenters. The molecule has 27 heavy (non-hydrogen) atoms. The first-order valence-corrected chi connectivity index (χ1v) is 9.05. The molecule has 5 nitrogen and oxygen atoms in total. The van der Waals surface area contributed by atoms with Crippen molar-refractivity contribution in [2.75, 3.05) is 13.2 Å². The minimum Gasteiger partial charge on any atom is -0.492 e. The Morgan fingerprint density at radius 2 is 1.93 bits per heavy atom. The van der Waals surface area contributed by atoms with Crippen molar-refractivity contribution in [3.63, 3.8) is 0 Å². The monoisotopic (exact) mass is 373 g/mol.